The van der Waals surface area contributed by atoms with Gasteiger partial charge < -0.3 is 14.8 Å². The van der Waals surface area contributed by atoms with Crippen molar-refractivity contribution in [3.63, 3.8) is 0 Å². The van der Waals surface area contributed by atoms with Gasteiger partial charge in [-0.1, -0.05) is 18.2 Å². The lowest BCUT2D eigenvalue weighted by molar-refractivity contribution is 0.102. The zero-order valence-electron chi connectivity index (χ0n) is 14.8. The Hall–Kier alpha value is -3.35. The summed E-state index contributed by atoms with van der Waals surface area (Å²) in [5.41, 5.74) is 0.463. The average Bonchev–Trinajstić information content (AvgIpc) is 2.66. The summed E-state index contributed by atoms with van der Waals surface area (Å²) in [6, 6.07) is 12.0. The molecule has 1 amide bonds. The van der Waals surface area contributed by atoms with Gasteiger partial charge in [-0.2, -0.15) is 5.10 Å². The van der Waals surface area contributed by atoms with Crippen molar-refractivity contribution in [2.45, 2.75) is 6.92 Å². The van der Waals surface area contributed by atoms with Crippen LogP contribution in [0.5, 0.6) is 11.5 Å². The lowest BCUT2D eigenvalue weighted by Crippen LogP contribution is -2.25. The van der Waals surface area contributed by atoms with Gasteiger partial charge in [0.05, 0.1) is 19.1 Å². The van der Waals surface area contributed by atoms with E-state index in [1.807, 2.05) is 6.92 Å². The number of benzene rings is 2. The van der Waals surface area contributed by atoms with Crippen molar-refractivity contribution in [2.75, 3.05) is 19.0 Å². The third-order valence-corrected chi connectivity index (χ3v) is 3.89. The summed E-state index contributed by atoms with van der Waals surface area (Å²) in [4.78, 5) is 24.9. The minimum Gasteiger partial charge on any atom is -0.493 e. The predicted molar refractivity (Wildman–Crippen MR) is 99.1 cm³/mol. The highest BCUT2D eigenvalue weighted by Gasteiger charge is 2.16. The first-order valence-electron chi connectivity index (χ1n) is 8.13. The molecule has 2 aromatic carbocycles. The van der Waals surface area contributed by atoms with E-state index < -0.39 is 5.91 Å². The van der Waals surface area contributed by atoms with Crippen LogP contribution in [0.3, 0.4) is 0 Å². The number of anilines is 1. The molecule has 0 aliphatic heterocycles. The Morgan fingerprint density at radius 2 is 1.88 bits per heavy atom. The van der Waals surface area contributed by atoms with Crippen LogP contribution in [-0.4, -0.2) is 29.4 Å². The summed E-state index contributed by atoms with van der Waals surface area (Å²) in [5, 5.41) is 7.86. The molecule has 0 atom stereocenters. The second kappa shape index (κ2) is 7.26. The number of amides is 1. The number of ether oxygens (including phenoxy) is 2. The lowest BCUT2D eigenvalue weighted by Gasteiger charge is -2.12. The maximum Gasteiger partial charge on any atom is 0.276 e. The number of rotatable bonds is 5. The number of nitrogens with one attached hydrogen (secondary N) is 1. The van der Waals surface area contributed by atoms with Crippen LogP contribution >= 0.6 is 0 Å². The molecule has 7 heteroatoms. The van der Waals surface area contributed by atoms with Crippen molar-refractivity contribution in [2.24, 2.45) is 7.05 Å². The standard InChI is InChI=1S/C19H19N3O4/c1-4-26-15-10-9-12(11-16(15)25-3)20-18(23)17-13-7-5-6-8-14(13)19(24)22(2)21-17/h5-11H,4H2,1-3H3,(H,20,23). The minimum atomic E-state index is -0.414. The molecule has 0 saturated carbocycles. The van der Waals surface area contributed by atoms with Gasteiger partial charge in [-0.15, -0.1) is 0 Å². The molecule has 134 valence electrons. The van der Waals surface area contributed by atoms with Crippen molar-refractivity contribution >= 4 is 22.4 Å². The van der Waals surface area contributed by atoms with Crippen LogP contribution in [0.25, 0.3) is 10.8 Å². The third kappa shape index (κ3) is 3.23. The Kier molecular flexibility index (Phi) is 4.88. The van der Waals surface area contributed by atoms with Gasteiger partial charge in [0.15, 0.2) is 17.2 Å². The Bertz CT molecular complexity index is 1030. The van der Waals surface area contributed by atoms with Crippen LogP contribution in [0.1, 0.15) is 17.4 Å². The number of aromatic nitrogens is 2. The number of carbonyl (C=O) groups is 1. The van der Waals surface area contributed by atoms with Gasteiger partial charge in [0, 0.05) is 24.2 Å². The Morgan fingerprint density at radius 3 is 2.58 bits per heavy atom. The molecule has 3 aromatic rings. The molecule has 0 unspecified atom stereocenters. The Morgan fingerprint density at radius 1 is 1.15 bits per heavy atom. The van der Waals surface area contributed by atoms with E-state index >= 15 is 0 Å². The van der Waals surface area contributed by atoms with E-state index in [0.717, 1.165) is 4.68 Å². The van der Waals surface area contributed by atoms with E-state index in [0.29, 0.717) is 34.6 Å². The minimum absolute atomic E-state index is 0.176. The molecule has 26 heavy (non-hydrogen) atoms. The van der Waals surface area contributed by atoms with Gasteiger partial charge in [0.1, 0.15) is 0 Å². The van der Waals surface area contributed by atoms with Gasteiger partial charge >= 0.3 is 0 Å². The second-order valence-corrected chi connectivity index (χ2v) is 5.58. The van der Waals surface area contributed by atoms with Crippen LogP contribution in [-0.2, 0) is 7.05 Å². The maximum absolute atomic E-state index is 12.7. The number of hydrogen-bond donors (Lipinski definition) is 1. The lowest BCUT2D eigenvalue weighted by atomic mass is 10.1. The van der Waals surface area contributed by atoms with Crippen molar-refractivity contribution < 1.29 is 14.3 Å². The Balaban J connectivity index is 1.98. The fourth-order valence-corrected chi connectivity index (χ4v) is 2.68. The summed E-state index contributed by atoms with van der Waals surface area (Å²) >= 11 is 0. The maximum atomic E-state index is 12.7. The van der Waals surface area contributed by atoms with E-state index in [1.165, 1.54) is 14.2 Å². The van der Waals surface area contributed by atoms with Gasteiger partial charge in [-0.25, -0.2) is 4.68 Å². The van der Waals surface area contributed by atoms with E-state index in [4.69, 9.17) is 9.47 Å². The van der Waals surface area contributed by atoms with Gasteiger partial charge in [0.2, 0.25) is 0 Å². The largest absolute Gasteiger partial charge is 0.493 e. The van der Waals surface area contributed by atoms with Crippen molar-refractivity contribution in [1.82, 2.24) is 9.78 Å². The number of aryl methyl sites for hydroxylation is 1. The van der Waals surface area contributed by atoms with Gasteiger partial charge in [0.25, 0.3) is 11.5 Å². The molecule has 0 radical (unpaired) electrons. The summed E-state index contributed by atoms with van der Waals surface area (Å²) in [5.74, 6) is 0.699. The first-order valence-corrected chi connectivity index (χ1v) is 8.13. The average molecular weight is 353 g/mol. The molecular weight excluding hydrogens is 334 g/mol. The summed E-state index contributed by atoms with van der Waals surface area (Å²) in [6.07, 6.45) is 0. The third-order valence-electron chi connectivity index (χ3n) is 3.89. The topological polar surface area (TPSA) is 82.5 Å². The van der Waals surface area contributed by atoms with Crippen molar-refractivity contribution in [3.05, 3.63) is 58.5 Å². The predicted octanol–water partition coefficient (Wildman–Crippen LogP) is 2.59. The van der Waals surface area contributed by atoms with Crippen LogP contribution in [0.15, 0.2) is 47.3 Å². The summed E-state index contributed by atoms with van der Waals surface area (Å²) in [7, 11) is 3.05. The Labute approximate surface area is 150 Å². The summed E-state index contributed by atoms with van der Waals surface area (Å²) < 4.78 is 11.9. The van der Waals surface area contributed by atoms with E-state index in [-0.39, 0.29) is 11.3 Å². The highest BCUT2D eigenvalue weighted by Crippen LogP contribution is 2.30. The van der Waals surface area contributed by atoms with E-state index in [9.17, 15) is 9.59 Å². The fraction of sp³-hybridized carbons (Fsp3) is 0.211. The van der Waals surface area contributed by atoms with Gasteiger partial charge in [-0.3, -0.25) is 9.59 Å². The monoisotopic (exact) mass is 353 g/mol. The number of fused-ring (bicyclic) bond motifs is 1. The smallest absolute Gasteiger partial charge is 0.276 e. The molecule has 0 aliphatic carbocycles. The molecule has 1 aromatic heterocycles. The van der Waals surface area contributed by atoms with E-state index in [1.54, 1.807) is 42.5 Å². The zero-order chi connectivity index (χ0) is 18.7. The highest BCUT2D eigenvalue weighted by atomic mass is 16.5. The first kappa shape index (κ1) is 17.5. The normalized spacial score (nSPS) is 10.6. The molecule has 0 spiro atoms. The molecule has 0 aliphatic rings. The van der Waals surface area contributed by atoms with Crippen LogP contribution in [0.4, 0.5) is 5.69 Å². The molecular formula is C19H19N3O4. The number of methoxy groups -OCH3 is 1. The second-order valence-electron chi connectivity index (χ2n) is 5.58. The van der Waals surface area contributed by atoms with Crippen LogP contribution in [0, 0.1) is 0 Å². The molecule has 0 fully saturated rings. The number of carbonyl (C=O) groups excluding carboxylic acids is 1. The molecule has 1 heterocycles. The molecule has 1 N–H and O–H groups in total. The highest BCUT2D eigenvalue weighted by molar-refractivity contribution is 6.11. The molecule has 0 saturated heterocycles. The first-order chi connectivity index (χ1) is 12.5. The quantitative estimate of drug-likeness (QED) is 0.762. The van der Waals surface area contributed by atoms with E-state index in [2.05, 4.69) is 10.4 Å². The number of hydrogen-bond acceptors (Lipinski definition) is 5. The van der Waals surface area contributed by atoms with Crippen molar-refractivity contribution in [3.8, 4) is 11.5 Å². The SMILES string of the molecule is CCOc1ccc(NC(=O)c2nn(C)c(=O)c3ccccc23)cc1OC. The van der Waals surface area contributed by atoms with Gasteiger partial charge in [-0.05, 0) is 25.1 Å². The fourth-order valence-electron chi connectivity index (χ4n) is 2.68. The molecule has 7 nitrogen and oxygen atoms in total. The van der Waals surface area contributed by atoms with Crippen LogP contribution in [0.2, 0.25) is 0 Å². The van der Waals surface area contributed by atoms with Crippen molar-refractivity contribution in [1.29, 1.82) is 0 Å². The molecule has 0 bridgehead atoms. The van der Waals surface area contributed by atoms with Crippen LogP contribution < -0.4 is 20.3 Å². The molecule has 3 rings (SSSR count). The summed E-state index contributed by atoms with van der Waals surface area (Å²) in [6.45, 7) is 2.39. The number of nitrogens with zero attached hydrogens (tertiary/aromatic N) is 2. The zero-order valence-corrected chi connectivity index (χ0v) is 14.8.